The summed E-state index contributed by atoms with van der Waals surface area (Å²) in [7, 11) is 0. The number of nitrogens with zero attached hydrogens (tertiary/aromatic N) is 4. The Morgan fingerprint density at radius 1 is 1.10 bits per heavy atom. The van der Waals surface area contributed by atoms with Crippen LogP contribution in [0.25, 0.3) is 11.4 Å². The fourth-order valence-electron chi connectivity index (χ4n) is 6.55. The van der Waals surface area contributed by atoms with Crippen molar-refractivity contribution in [1.82, 2.24) is 25.3 Å². The van der Waals surface area contributed by atoms with E-state index in [0.29, 0.717) is 36.9 Å². The van der Waals surface area contributed by atoms with Crippen molar-refractivity contribution in [2.24, 2.45) is 0 Å². The average Bonchev–Trinajstić information content (AvgIpc) is 3.62. The van der Waals surface area contributed by atoms with Crippen LogP contribution in [0.3, 0.4) is 0 Å². The second kappa shape index (κ2) is 9.10. The molecule has 5 heterocycles. The minimum Gasteiger partial charge on any atom is -0.365 e. The largest absolute Gasteiger partial charge is 0.365 e. The van der Waals surface area contributed by atoms with Gasteiger partial charge in [0, 0.05) is 50.7 Å². The molecule has 0 aliphatic carbocycles. The van der Waals surface area contributed by atoms with Crippen LogP contribution in [0.2, 0.25) is 0 Å². The minimum atomic E-state index is -0.611. The molecule has 39 heavy (non-hydrogen) atoms. The number of imide groups is 1. The Morgan fingerprint density at radius 2 is 1.95 bits per heavy atom. The second-order valence-corrected chi connectivity index (χ2v) is 10.9. The number of hydrogen-bond acceptors (Lipinski definition) is 8. The number of carbonyl (C=O) groups is 3. The third-order valence-corrected chi connectivity index (χ3v) is 8.60. The molecule has 1 spiro atoms. The van der Waals surface area contributed by atoms with E-state index in [4.69, 9.17) is 9.26 Å². The van der Waals surface area contributed by atoms with Crippen molar-refractivity contribution in [3.63, 3.8) is 0 Å². The van der Waals surface area contributed by atoms with Gasteiger partial charge < -0.3 is 14.2 Å². The lowest BCUT2D eigenvalue weighted by Crippen LogP contribution is -2.52. The van der Waals surface area contributed by atoms with Crippen LogP contribution in [-0.2, 0) is 39.6 Å². The summed E-state index contributed by atoms with van der Waals surface area (Å²) in [5, 5.41) is 6.41. The molecule has 1 unspecified atom stereocenters. The van der Waals surface area contributed by atoms with Gasteiger partial charge in [0.05, 0.1) is 12.2 Å². The highest BCUT2D eigenvalue weighted by Gasteiger charge is 2.47. The minimum absolute atomic E-state index is 0.142. The van der Waals surface area contributed by atoms with Gasteiger partial charge in [0.1, 0.15) is 6.04 Å². The maximum Gasteiger partial charge on any atom is 0.255 e. The van der Waals surface area contributed by atoms with Gasteiger partial charge >= 0.3 is 0 Å². The van der Waals surface area contributed by atoms with Crippen molar-refractivity contribution >= 4 is 17.7 Å². The van der Waals surface area contributed by atoms with Gasteiger partial charge in [-0.1, -0.05) is 29.4 Å². The Bertz CT molecular complexity index is 1510. The third kappa shape index (κ3) is 4.06. The molecule has 1 aromatic heterocycles. The molecule has 1 N–H and O–H groups in total. The first-order valence-electron chi connectivity index (χ1n) is 13.5. The van der Waals surface area contributed by atoms with E-state index in [-0.39, 0.29) is 29.7 Å². The number of rotatable bonds is 4. The van der Waals surface area contributed by atoms with Crippen LogP contribution < -0.4 is 5.32 Å². The predicted molar refractivity (Wildman–Crippen MR) is 138 cm³/mol. The Balaban J connectivity index is 1.05. The van der Waals surface area contributed by atoms with Crippen LogP contribution in [0, 0.1) is 6.92 Å². The van der Waals surface area contributed by atoms with Crippen LogP contribution in [-0.4, -0.2) is 56.8 Å². The van der Waals surface area contributed by atoms with Crippen molar-refractivity contribution in [2.45, 2.75) is 63.9 Å². The molecule has 200 valence electrons. The van der Waals surface area contributed by atoms with Gasteiger partial charge in [0.25, 0.3) is 5.91 Å². The van der Waals surface area contributed by atoms with Gasteiger partial charge in [0.15, 0.2) is 0 Å². The van der Waals surface area contributed by atoms with Gasteiger partial charge in [-0.15, -0.1) is 0 Å². The molecule has 10 nitrogen and oxygen atoms in total. The Kier molecular flexibility index (Phi) is 5.64. The molecular formula is C29H29N5O5. The summed E-state index contributed by atoms with van der Waals surface area (Å²) in [6, 6.07) is 11.6. The lowest BCUT2D eigenvalue weighted by Gasteiger charge is -2.39. The van der Waals surface area contributed by atoms with E-state index in [0.717, 1.165) is 49.2 Å². The van der Waals surface area contributed by atoms with Gasteiger partial charge in [-0.05, 0) is 53.6 Å². The fourth-order valence-corrected chi connectivity index (χ4v) is 6.55. The molecular weight excluding hydrogens is 498 g/mol. The zero-order chi connectivity index (χ0) is 26.7. The fraction of sp³-hybridized carbons (Fsp3) is 0.414. The number of hydrogen-bond donors (Lipinski definition) is 1. The molecule has 3 amide bonds. The molecule has 3 aromatic rings. The van der Waals surface area contributed by atoms with Gasteiger partial charge in [-0.2, -0.15) is 4.98 Å². The van der Waals surface area contributed by atoms with E-state index < -0.39 is 6.04 Å². The Hall–Kier alpha value is -3.89. The summed E-state index contributed by atoms with van der Waals surface area (Å²) in [4.78, 5) is 45.7. The van der Waals surface area contributed by atoms with E-state index in [1.165, 1.54) is 11.1 Å². The molecule has 2 saturated heterocycles. The van der Waals surface area contributed by atoms with Gasteiger partial charge in [-0.25, -0.2) is 0 Å². The number of aromatic nitrogens is 2. The molecule has 1 atom stereocenters. The van der Waals surface area contributed by atoms with E-state index in [2.05, 4.69) is 38.6 Å². The van der Waals surface area contributed by atoms with E-state index >= 15 is 0 Å². The zero-order valence-corrected chi connectivity index (χ0v) is 21.7. The first-order valence-corrected chi connectivity index (χ1v) is 13.5. The number of ether oxygens (including phenoxy) is 1. The molecule has 0 saturated carbocycles. The molecule has 2 aromatic carbocycles. The predicted octanol–water partition coefficient (Wildman–Crippen LogP) is 2.83. The van der Waals surface area contributed by atoms with Crippen LogP contribution >= 0.6 is 0 Å². The maximum atomic E-state index is 13.2. The van der Waals surface area contributed by atoms with Crippen LogP contribution in [0.5, 0.6) is 0 Å². The van der Waals surface area contributed by atoms with E-state index in [1.807, 2.05) is 18.2 Å². The number of fused-ring (bicyclic) bond motifs is 4. The second-order valence-electron chi connectivity index (χ2n) is 10.9. The van der Waals surface area contributed by atoms with Crippen LogP contribution in [0.4, 0.5) is 0 Å². The maximum absolute atomic E-state index is 13.2. The SMILES string of the molecule is Cc1nc(-c2cccc(CN3CCC4(CC3)OCc3c4ccc4c3CN(C3CCC(=O)NC3=O)C4=O)c2)no1. The number of nitrogens with one attached hydrogen (secondary N) is 1. The Labute approximate surface area is 225 Å². The highest BCUT2D eigenvalue weighted by Crippen LogP contribution is 2.47. The summed E-state index contributed by atoms with van der Waals surface area (Å²) >= 11 is 0. The quantitative estimate of drug-likeness (QED) is 0.515. The first kappa shape index (κ1) is 24.2. The van der Waals surface area contributed by atoms with Crippen molar-refractivity contribution in [2.75, 3.05) is 13.1 Å². The van der Waals surface area contributed by atoms with Gasteiger partial charge in [-0.3, -0.25) is 24.6 Å². The molecule has 0 bridgehead atoms. The first-order chi connectivity index (χ1) is 18.9. The molecule has 10 heteroatoms. The van der Waals surface area contributed by atoms with Crippen molar-refractivity contribution in [1.29, 1.82) is 0 Å². The summed E-state index contributed by atoms with van der Waals surface area (Å²) in [6.45, 7) is 5.25. The van der Waals surface area contributed by atoms with Crippen molar-refractivity contribution < 1.29 is 23.6 Å². The standard InChI is InChI=1S/C29H29N5O5/c1-17-30-26(32-39-17)19-4-2-3-18(13-19)14-33-11-9-29(10-12-33)23-6-5-20-21(22(23)16-38-29)15-34(28(20)37)24-7-8-25(35)31-27(24)36/h2-6,13,24H,7-12,14-16H2,1H3,(H,31,35,36). The lowest BCUT2D eigenvalue weighted by atomic mass is 9.82. The molecule has 4 aliphatic heterocycles. The molecule has 0 radical (unpaired) electrons. The highest BCUT2D eigenvalue weighted by atomic mass is 16.5. The van der Waals surface area contributed by atoms with Crippen molar-refractivity contribution in [3.8, 4) is 11.4 Å². The molecule has 2 fully saturated rings. The van der Waals surface area contributed by atoms with Gasteiger partial charge in [0.2, 0.25) is 23.5 Å². The molecule has 4 aliphatic rings. The number of aryl methyl sites for hydroxylation is 1. The topological polar surface area (TPSA) is 118 Å². The van der Waals surface area contributed by atoms with Crippen LogP contribution in [0.15, 0.2) is 40.9 Å². The molecule has 7 rings (SSSR count). The summed E-state index contributed by atoms with van der Waals surface area (Å²) in [5.41, 5.74) is 5.67. The summed E-state index contributed by atoms with van der Waals surface area (Å²) < 4.78 is 11.6. The monoisotopic (exact) mass is 527 g/mol. The number of benzene rings is 2. The summed E-state index contributed by atoms with van der Waals surface area (Å²) in [6.07, 6.45) is 2.35. The average molecular weight is 528 g/mol. The Morgan fingerprint density at radius 3 is 2.72 bits per heavy atom. The number of likely N-dealkylation sites (tertiary alicyclic amines) is 1. The van der Waals surface area contributed by atoms with E-state index in [9.17, 15) is 14.4 Å². The smallest absolute Gasteiger partial charge is 0.255 e. The normalized spacial score (nSPS) is 22.3. The number of piperidine rings is 2. The summed E-state index contributed by atoms with van der Waals surface area (Å²) in [5.74, 6) is 0.341. The number of amides is 3. The zero-order valence-electron chi connectivity index (χ0n) is 21.7. The highest BCUT2D eigenvalue weighted by molar-refractivity contribution is 6.05. The third-order valence-electron chi connectivity index (χ3n) is 8.60. The van der Waals surface area contributed by atoms with Crippen molar-refractivity contribution in [3.05, 3.63) is 70.1 Å². The van der Waals surface area contributed by atoms with E-state index in [1.54, 1.807) is 11.8 Å². The van der Waals surface area contributed by atoms with Crippen LogP contribution in [0.1, 0.15) is 64.2 Å². The number of carbonyl (C=O) groups excluding carboxylic acids is 3. The lowest BCUT2D eigenvalue weighted by molar-refractivity contribution is -0.136.